The number of hydrogen-bond donors (Lipinski definition) is 1. The van der Waals surface area contributed by atoms with Crippen molar-refractivity contribution in [2.75, 3.05) is 33.2 Å². The lowest BCUT2D eigenvalue weighted by Gasteiger charge is -2.32. The smallest absolute Gasteiger partial charge is 0.194 e. The van der Waals surface area contributed by atoms with Crippen molar-refractivity contribution >= 4 is 11.6 Å². The summed E-state index contributed by atoms with van der Waals surface area (Å²) < 4.78 is 5.44. The molecule has 0 bridgehead atoms. The average molecular weight is 281 g/mol. The van der Waals surface area contributed by atoms with Gasteiger partial charge in [0.1, 0.15) is 5.69 Å². The molecular weight excluding hydrogens is 264 g/mol. The van der Waals surface area contributed by atoms with Crippen LogP contribution in [0.3, 0.4) is 0 Å². The van der Waals surface area contributed by atoms with E-state index in [4.69, 9.17) is 16.0 Å². The first kappa shape index (κ1) is 12.7. The van der Waals surface area contributed by atoms with Gasteiger partial charge < -0.3 is 9.32 Å². The van der Waals surface area contributed by atoms with Crippen LogP contribution in [0.2, 0.25) is 5.22 Å². The van der Waals surface area contributed by atoms with Crippen LogP contribution >= 0.6 is 11.6 Å². The van der Waals surface area contributed by atoms with Gasteiger partial charge in [0.25, 0.3) is 0 Å². The van der Waals surface area contributed by atoms with Crippen molar-refractivity contribution in [2.24, 2.45) is 0 Å². The fourth-order valence-corrected chi connectivity index (χ4v) is 2.49. The van der Waals surface area contributed by atoms with Gasteiger partial charge in [-0.15, -0.1) is 0 Å². The molecule has 0 unspecified atom stereocenters. The molecule has 1 aliphatic rings. The molecule has 6 heteroatoms. The van der Waals surface area contributed by atoms with Gasteiger partial charge in [-0.2, -0.15) is 5.10 Å². The monoisotopic (exact) mass is 280 g/mol. The third-order valence-electron chi connectivity index (χ3n) is 3.53. The van der Waals surface area contributed by atoms with E-state index in [9.17, 15) is 0 Å². The number of nitrogens with zero attached hydrogens (tertiary/aromatic N) is 3. The van der Waals surface area contributed by atoms with E-state index < -0.39 is 0 Å². The fraction of sp³-hybridized carbons (Fsp3) is 0.462. The van der Waals surface area contributed by atoms with Crippen LogP contribution in [0.25, 0.3) is 11.5 Å². The van der Waals surface area contributed by atoms with E-state index in [2.05, 4.69) is 27.0 Å². The number of halogens is 1. The summed E-state index contributed by atoms with van der Waals surface area (Å²) in [6.07, 6.45) is 1.87. The molecule has 2 aromatic heterocycles. The van der Waals surface area contributed by atoms with Crippen LogP contribution in [-0.2, 0) is 6.54 Å². The number of rotatable bonds is 3. The molecule has 5 nitrogen and oxygen atoms in total. The number of piperazine rings is 1. The number of H-pyrrole nitrogens is 1. The lowest BCUT2D eigenvalue weighted by Crippen LogP contribution is -2.43. The normalized spacial score (nSPS) is 18.0. The highest BCUT2D eigenvalue weighted by atomic mass is 35.5. The molecule has 1 fully saturated rings. The fourth-order valence-electron chi connectivity index (χ4n) is 2.34. The first-order chi connectivity index (χ1) is 9.22. The third kappa shape index (κ3) is 2.83. The Labute approximate surface area is 117 Å². The maximum atomic E-state index is 5.82. The number of nitrogens with one attached hydrogen (secondary N) is 1. The van der Waals surface area contributed by atoms with Crippen molar-refractivity contribution in [1.29, 1.82) is 0 Å². The topological polar surface area (TPSA) is 48.3 Å². The molecule has 1 aliphatic heterocycles. The summed E-state index contributed by atoms with van der Waals surface area (Å²) in [5, 5.41) is 7.52. The molecule has 0 atom stereocenters. The van der Waals surface area contributed by atoms with Crippen LogP contribution in [0.15, 0.2) is 22.7 Å². The van der Waals surface area contributed by atoms with Gasteiger partial charge in [0.15, 0.2) is 11.0 Å². The second kappa shape index (κ2) is 5.36. The minimum Gasteiger partial charge on any atom is -0.443 e. The van der Waals surface area contributed by atoms with Crippen molar-refractivity contribution in [3.63, 3.8) is 0 Å². The Bertz CT molecular complexity index is 542. The quantitative estimate of drug-likeness (QED) is 0.935. The van der Waals surface area contributed by atoms with Crippen LogP contribution in [0.5, 0.6) is 0 Å². The lowest BCUT2D eigenvalue weighted by molar-refractivity contribution is 0.148. The molecule has 0 saturated carbocycles. The predicted octanol–water partition coefficient (Wildman–Crippen LogP) is 2.07. The van der Waals surface area contributed by atoms with Crippen molar-refractivity contribution in [3.8, 4) is 11.5 Å². The van der Waals surface area contributed by atoms with Gasteiger partial charge in [-0.1, -0.05) is 0 Å². The first-order valence-electron chi connectivity index (χ1n) is 6.41. The zero-order chi connectivity index (χ0) is 13.2. The molecule has 0 spiro atoms. The second-order valence-corrected chi connectivity index (χ2v) is 5.33. The average Bonchev–Trinajstić information content (AvgIpc) is 3.01. The van der Waals surface area contributed by atoms with E-state index in [0.717, 1.165) is 49.7 Å². The van der Waals surface area contributed by atoms with Gasteiger partial charge in [0, 0.05) is 38.3 Å². The minimum atomic E-state index is 0.398. The molecule has 0 amide bonds. The highest BCUT2D eigenvalue weighted by molar-refractivity contribution is 6.28. The Morgan fingerprint density at radius 1 is 1.32 bits per heavy atom. The summed E-state index contributed by atoms with van der Waals surface area (Å²) in [6.45, 7) is 5.28. The summed E-state index contributed by atoms with van der Waals surface area (Å²) in [6, 6.07) is 3.61. The summed E-state index contributed by atoms with van der Waals surface area (Å²) in [4.78, 5) is 4.78. The van der Waals surface area contributed by atoms with Crippen molar-refractivity contribution in [3.05, 3.63) is 29.1 Å². The van der Waals surface area contributed by atoms with Gasteiger partial charge in [0.2, 0.25) is 0 Å². The van der Waals surface area contributed by atoms with Gasteiger partial charge in [-0.05, 0) is 30.8 Å². The van der Waals surface area contributed by atoms with Gasteiger partial charge in [0.05, 0.1) is 6.20 Å². The molecule has 1 N–H and O–H groups in total. The largest absolute Gasteiger partial charge is 0.443 e. The summed E-state index contributed by atoms with van der Waals surface area (Å²) >= 11 is 5.82. The number of likely N-dealkylation sites (N-methyl/N-ethyl adjacent to an activating group) is 1. The number of furan rings is 1. The minimum absolute atomic E-state index is 0.398. The Morgan fingerprint density at radius 3 is 2.79 bits per heavy atom. The molecule has 1 saturated heterocycles. The van der Waals surface area contributed by atoms with E-state index in [1.165, 1.54) is 0 Å². The lowest BCUT2D eigenvalue weighted by atomic mass is 10.2. The van der Waals surface area contributed by atoms with Gasteiger partial charge in [-0.25, -0.2) is 0 Å². The molecule has 3 heterocycles. The first-order valence-corrected chi connectivity index (χ1v) is 6.79. The number of hydrogen-bond acceptors (Lipinski definition) is 4. The summed E-state index contributed by atoms with van der Waals surface area (Å²) in [5.74, 6) is 0.742. The summed E-state index contributed by atoms with van der Waals surface area (Å²) in [5.41, 5.74) is 2.07. The van der Waals surface area contributed by atoms with Crippen LogP contribution in [0, 0.1) is 0 Å². The second-order valence-electron chi connectivity index (χ2n) is 4.95. The number of aromatic amines is 1. The molecule has 0 aliphatic carbocycles. The van der Waals surface area contributed by atoms with Gasteiger partial charge >= 0.3 is 0 Å². The Hall–Kier alpha value is -1.30. The van der Waals surface area contributed by atoms with E-state index in [1.54, 1.807) is 6.07 Å². The Morgan fingerprint density at radius 2 is 2.11 bits per heavy atom. The SMILES string of the molecule is CN1CCN(Cc2cn[nH]c2-c2ccc(Cl)o2)CC1. The summed E-state index contributed by atoms with van der Waals surface area (Å²) in [7, 11) is 2.16. The maximum Gasteiger partial charge on any atom is 0.194 e. The van der Waals surface area contributed by atoms with Crippen LogP contribution < -0.4 is 0 Å². The van der Waals surface area contributed by atoms with Crippen molar-refractivity contribution < 1.29 is 4.42 Å². The van der Waals surface area contributed by atoms with Crippen molar-refractivity contribution in [2.45, 2.75) is 6.54 Å². The molecule has 19 heavy (non-hydrogen) atoms. The number of aromatic nitrogens is 2. The molecule has 0 radical (unpaired) electrons. The standard InChI is InChI=1S/C13H17ClN4O/c1-17-4-6-18(7-5-17)9-10-8-15-16-13(10)11-2-3-12(14)19-11/h2-3,8H,4-7,9H2,1H3,(H,15,16). The van der Waals surface area contributed by atoms with Crippen LogP contribution in [0.1, 0.15) is 5.56 Å². The molecule has 2 aromatic rings. The van der Waals surface area contributed by atoms with E-state index in [0.29, 0.717) is 5.22 Å². The third-order valence-corrected chi connectivity index (χ3v) is 3.73. The zero-order valence-electron chi connectivity index (χ0n) is 10.9. The highest BCUT2D eigenvalue weighted by Crippen LogP contribution is 2.26. The van der Waals surface area contributed by atoms with Crippen molar-refractivity contribution in [1.82, 2.24) is 20.0 Å². The maximum absolute atomic E-state index is 5.82. The molecule has 3 rings (SSSR count). The Kier molecular flexibility index (Phi) is 3.59. The van der Waals surface area contributed by atoms with Crippen LogP contribution in [-0.4, -0.2) is 53.2 Å². The van der Waals surface area contributed by atoms with E-state index in [-0.39, 0.29) is 0 Å². The van der Waals surface area contributed by atoms with E-state index >= 15 is 0 Å². The molecule has 102 valence electrons. The van der Waals surface area contributed by atoms with Gasteiger partial charge in [-0.3, -0.25) is 10.00 Å². The van der Waals surface area contributed by atoms with Crippen LogP contribution in [0.4, 0.5) is 0 Å². The van der Waals surface area contributed by atoms with E-state index in [1.807, 2.05) is 12.3 Å². The predicted molar refractivity (Wildman–Crippen MR) is 74.1 cm³/mol. The zero-order valence-corrected chi connectivity index (χ0v) is 11.7. The highest BCUT2D eigenvalue weighted by Gasteiger charge is 2.18. The Balaban J connectivity index is 1.74. The molecule has 0 aromatic carbocycles. The molecular formula is C13H17ClN4O.